The van der Waals surface area contributed by atoms with E-state index in [-0.39, 0.29) is 5.91 Å². The van der Waals surface area contributed by atoms with Crippen LogP contribution in [0.1, 0.15) is 34.2 Å². The van der Waals surface area contributed by atoms with Crippen LogP contribution in [-0.2, 0) is 7.05 Å². The molecule has 2 aromatic heterocycles. The van der Waals surface area contributed by atoms with Crippen LogP contribution in [0.4, 0.5) is 0 Å². The molecule has 4 rings (SSSR count). The zero-order chi connectivity index (χ0) is 16.7. The monoisotopic (exact) mass is 320 g/mol. The third kappa shape index (κ3) is 2.56. The van der Waals surface area contributed by atoms with Gasteiger partial charge in [-0.2, -0.15) is 0 Å². The van der Waals surface area contributed by atoms with E-state index in [9.17, 15) is 4.79 Å². The molecule has 0 bridgehead atoms. The molecule has 1 aromatic carbocycles. The van der Waals surface area contributed by atoms with Crippen molar-refractivity contribution in [3.8, 4) is 0 Å². The molecule has 3 heterocycles. The topological polar surface area (TPSA) is 51.0 Å². The van der Waals surface area contributed by atoms with E-state index >= 15 is 0 Å². The van der Waals surface area contributed by atoms with E-state index in [1.165, 1.54) is 0 Å². The molecule has 1 amide bonds. The molecule has 1 fully saturated rings. The summed E-state index contributed by atoms with van der Waals surface area (Å²) in [6, 6.07) is 9.60. The molecule has 122 valence electrons. The third-order valence-electron chi connectivity index (χ3n) is 4.72. The van der Waals surface area contributed by atoms with E-state index < -0.39 is 0 Å². The van der Waals surface area contributed by atoms with Crippen molar-refractivity contribution in [3.05, 3.63) is 59.8 Å². The summed E-state index contributed by atoms with van der Waals surface area (Å²) in [5.41, 5.74) is 2.67. The second kappa shape index (κ2) is 5.74. The average molecular weight is 320 g/mol. The van der Waals surface area contributed by atoms with Crippen molar-refractivity contribution < 1.29 is 4.79 Å². The van der Waals surface area contributed by atoms with Crippen LogP contribution in [0, 0.1) is 6.92 Å². The molecule has 1 aliphatic heterocycles. The molecule has 0 saturated carbocycles. The number of hydrogen-bond acceptors (Lipinski definition) is 3. The smallest absolute Gasteiger partial charge is 0.253 e. The van der Waals surface area contributed by atoms with Gasteiger partial charge in [0.05, 0.1) is 11.2 Å². The largest absolute Gasteiger partial charge is 0.338 e. The quantitative estimate of drug-likeness (QED) is 0.729. The van der Waals surface area contributed by atoms with Crippen LogP contribution >= 0.6 is 0 Å². The molecular weight excluding hydrogens is 300 g/mol. The highest BCUT2D eigenvalue weighted by molar-refractivity contribution is 5.98. The Bertz CT molecular complexity index is 915. The number of aryl methyl sites for hydroxylation is 2. The lowest BCUT2D eigenvalue weighted by Gasteiger charge is -2.17. The number of fused-ring (bicyclic) bond motifs is 1. The van der Waals surface area contributed by atoms with Crippen LogP contribution < -0.4 is 0 Å². The van der Waals surface area contributed by atoms with Gasteiger partial charge < -0.3 is 9.47 Å². The molecule has 0 spiro atoms. The van der Waals surface area contributed by atoms with Gasteiger partial charge >= 0.3 is 0 Å². The molecule has 0 aliphatic carbocycles. The Morgan fingerprint density at radius 2 is 2.17 bits per heavy atom. The summed E-state index contributed by atoms with van der Waals surface area (Å²) in [5.74, 6) is 1.48. The number of nitrogens with zero attached hydrogens (tertiary/aromatic N) is 4. The number of imidazole rings is 1. The number of likely N-dealkylation sites (tertiary alicyclic amines) is 1. The number of amides is 1. The molecule has 0 unspecified atom stereocenters. The predicted molar refractivity (Wildman–Crippen MR) is 92.9 cm³/mol. The van der Waals surface area contributed by atoms with E-state index in [1.54, 1.807) is 6.20 Å². The Morgan fingerprint density at radius 3 is 2.96 bits per heavy atom. The minimum absolute atomic E-state index is 0.0918. The van der Waals surface area contributed by atoms with Crippen molar-refractivity contribution >= 4 is 16.8 Å². The highest BCUT2D eigenvalue weighted by Crippen LogP contribution is 2.27. The Labute approximate surface area is 140 Å². The number of aromatic nitrogens is 3. The lowest BCUT2D eigenvalue weighted by molar-refractivity contribution is 0.0790. The molecule has 24 heavy (non-hydrogen) atoms. The first kappa shape index (κ1) is 14.9. The molecule has 5 heteroatoms. The predicted octanol–water partition coefficient (Wildman–Crippen LogP) is 2.91. The van der Waals surface area contributed by atoms with Gasteiger partial charge in [0.15, 0.2) is 0 Å². The molecule has 5 nitrogen and oxygen atoms in total. The molecule has 0 radical (unpaired) electrons. The van der Waals surface area contributed by atoms with Crippen molar-refractivity contribution in [2.75, 3.05) is 13.1 Å². The standard InChI is InChI=1S/C19H20N4O/c1-13-11-22(2)18(21-13)16-7-9-23(12-16)19(24)15-5-6-17-14(10-15)4-3-8-20-17/h3-6,8,10-11,16H,7,9,12H2,1-2H3/t16-/m0/s1. The van der Waals surface area contributed by atoms with Gasteiger partial charge in [-0.15, -0.1) is 0 Å². The summed E-state index contributed by atoms with van der Waals surface area (Å²) in [7, 11) is 2.02. The van der Waals surface area contributed by atoms with Gasteiger partial charge in [0, 0.05) is 49.4 Å². The first-order valence-corrected chi connectivity index (χ1v) is 8.26. The van der Waals surface area contributed by atoms with Gasteiger partial charge in [-0.25, -0.2) is 4.98 Å². The van der Waals surface area contributed by atoms with Crippen LogP contribution in [0.25, 0.3) is 10.9 Å². The van der Waals surface area contributed by atoms with Gasteiger partial charge in [0.25, 0.3) is 5.91 Å². The summed E-state index contributed by atoms with van der Waals surface area (Å²) in [6.07, 6.45) is 4.77. The molecule has 1 atom stereocenters. The zero-order valence-electron chi connectivity index (χ0n) is 13.9. The minimum Gasteiger partial charge on any atom is -0.338 e. The SMILES string of the molecule is Cc1cn(C)c([C@H]2CCN(C(=O)c3ccc4ncccc4c3)C2)n1. The summed E-state index contributed by atoms with van der Waals surface area (Å²) in [6.45, 7) is 3.51. The Hall–Kier alpha value is -2.69. The normalized spacial score (nSPS) is 17.6. The lowest BCUT2D eigenvalue weighted by Crippen LogP contribution is -2.28. The number of carbonyl (C=O) groups excluding carboxylic acids is 1. The zero-order valence-corrected chi connectivity index (χ0v) is 13.9. The fourth-order valence-electron chi connectivity index (χ4n) is 3.56. The first-order valence-electron chi connectivity index (χ1n) is 8.26. The maximum absolute atomic E-state index is 12.8. The summed E-state index contributed by atoms with van der Waals surface area (Å²) in [4.78, 5) is 23.7. The second-order valence-electron chi connectivity index (χ2n) is 6.50. The molecule has 1 saturated heterocycles. The molecule has 0 N–H and O–H groups in total. The van der Waals surface area contributed by atoms with Gasteiger partial charge in [-0.3, -0.25) is 9.78 Å². The van der Waals surface area contributed by atoms with E-state index in [0.29, 0.717) is 5.92 Å². The van der Waals surface area contributed by atoms with Gasteiger partial charge in [0.2, 0.25) is 0 Å². The highest BCUT2D eigenvalue weighted by atomic mass is 16.2. The highest BCUT2D eigenvalue weighted by Gasteiger charge is 2.30. The Balaban J connectivity index is 1.55. The number of benzene rings is 1. The first-order chi connectivity index (χ1) is 11.6. The van der Waals surface area contributed by atoms with E-state index in [1.807, 2.05) is 55.4 Å². The van der Waals surface area contributed by atoms with Crippen LogP contribution in [-0.4, -0.2) is 38.4 Å². The fourth-order valence-corrected chi connectivity index (χ4v) is 3.56. The van der Waals surface area contributed by atoms with Crippen LogP contribution in [0.3, 0.4) is 0 Å². The second-order valence-corrected chi connectivity index (χ2v) is 6.50. The van der Waals surface area contributed by atoms with Gasteiger partial charge in [-0.1, -0.05) is 6.07 Å². The fraction of sp³-hybridized carbons (Fsp3) is 0.316. The van der Waals surface area contributed by atoms with Crippen molar-refractivity contribution in [1.82, 2.24) is 19.4 Å². The maximum atomic E-state index is 12.8. The summed E-state index contributed by atoms with van der Waals surface area (Å²) < 4.78 is 2.08. The minimum atomic E-state index is 0.0918. The Morgan fingerprint density at radius 1 is 1.29 bits per heavy atom. The van der Waals surface area contributed by atoms with Crippen molar-refractivity contribution in [2.45, 2.75) is 19.3 Å². The summed E-state index contributed by atoms with van der Waals surface area (Å²) in [5, 5.41) is 0.999. The van der Waals surface area contributed by atoms with Crippen molar-refractivity contribution in [3.63, 3.8) is 0 Å². The molecular formula is C19H20N4O. The maximum Gasteiger partial charge on any atom is 0.253 e. The van der Waals surface area contributed by atoms with Crippen LogP contribution in [0.5, 0.6) is 0 Å². The number of hydrogen-bond donors (Lipinski definition) is 0. The lowest BCUT2D eigenvalue weighted by atomic mass is 10.1. The molecule has 1 aliphatic rings. The van der Waals surface area contributed by atoms with E-state index in [2.05, 4.69) is 14.5 Å². The average Bonchev–Trinajstić information content (AvgIpc) is 3.20. The number of rotatable bonds is 2. The van der Waals surface area contributed by atoms with Gasteiger partial charge in [0.1, 0.15) is 5.82 Å². The van der Waals surface area contributed by atoms with Crippen LogP contribution in [0.15, 0.2) is 42.7 Å². The van der Waals surface area contributed by atoms with Crippen LogP contribution in [0.2, 0.25) is 0 Å². The van der Waals surface area contributed by atoms with E-state index in [4.69, 9.17) is 0 Å². The summed E-state index contributed by atoms with van der Waals surface area (Å²) >= 11 is 0. The van der Waals surface area contributed by atoms with E-state index in [0.717, 1.165) is 47.5 Å². The molecule has 3 aromatic rings. The van der Waals surface area contributed by atoms with Crippen molar-refractivity contribution in [1.29, 1.82) is 0 Å². The van der Waals surface area contributed by atoms with Gasteiger partial charge in [-0.05, 0) is 37.6 Å². The Kier molecular flexibility index (Phi) is 3.56. The van der Waals surface area contributed by atoms with Crippen molar-refractivity contribution in [2.24, 2.45) is 7.05 Å². The number of pyridine rings is 1. The third-order valence-corrected chi connectivity index (χ3v) is 4.72. The number of carbonyl (C=O) groups is 1.